The molecule has 4 aromatic rings. The van der Waals surface area contributed by atoms with Gasteiger partial charge in [-0.25, -0.2) is 0 Å². The van der Waals surface area contributed by atoms with Crippen LogP contribution in [0.2, 0.25) is 0 Å². The largest absolute Gasteiger partial charge is 0.496 e. The number of nitrogens with one attached hydrogen (secondary N) is 1. The van der Waals surface area contributed by atoms with Crippen molar-refractivity contribution in [2.45, 2.75) is 26.4 Å². The van der Waals surface area contributed by atoms with Gasteiger partial charge in [-0.2, -0.15) is 5.10 Å². The Hall–Kier alpha value is -3.87. The molecule has 2 aromatic heterocycles. The molecule has 0 saturated heterocycles. The Morgan fingerprint density at radius 3 is 2.61 bits per heavy atom. The van der Waals surface area contributed by atoms with Gasteiger partial charge >= 0.3 is 0 Å². The van der Waals surface area contributed by atoms with Crippen LogP contribution in [0.5, 0.6) is 5.75 Å². The zero-order valence-electron chi connectivity index (χ0n) is 17.7. The van der Waals surface area contributed by atoms with E-state index in [1.165, 1.54) is 0 Å². The summed E-state index contributed by atoms with van der Waals surface area (Å²) in [5, 5.41) is 11.6. The Balaban J connectivity index is 1.64. The first-order valence-electron chi connectivity index (χ1n) is 10.1. The number of carbonyl (C=O) groups is 1. The normalized spacial score (nSPS) is 11.8. The maximum absolute atomic E-state index is 13.1. The van der Waals surface area contributed by atoms with Crippen LogP contribution < -0.4 is 10.1 Å². The molecule has 0 saturated carbocycles. The van der Waals surface area contributed by atoms with E-state index in [0.717, 1.165) is 28.9 Å². The van der Waals surface area contributed by atoms with E-state index in [1.807, 2.05) is 79.3 Å². The molecule has 31 heavy (non-hydrogen) atoms. The summed E-state index contributed by atoms with van der Waals surface area (Å²) < 4.78 is 12.7. The number of amides is 1. The lowest BCUT2D eigenvalue weighted by Crippen LogP contribution is -2.29. The van der Waals surface area contributed by atoms with Crippen molar-refractivity contribution in [2.75, 3.05) is 7.11 Å². The van der Waals surface area contributed by atoms with Crippen LogP contribution in [0.4, 0.5) is 0 Å². The summed E-state index contributed by atoms with van der Waals surface area (Å²) in [7, 11) is 1.62. The molecule has 1 atom stereocenters. The van der Waals surface area contributed by atoms with Gasteiger partial charge in [0.1, 0.15) is 11.4 Å². The van der Waals surface area contributed by atoms with E-state index in [-0.39, 0.29) is 11.7 Å². The quantitative estimate of drug-likeness (QED) is 0.483. The van der Waals surface area contributed by atoms with E-state index < -0.39 is 6.04 Å². The van der Waals surface area contributed by atoms with Gasteiger partial charge in [-0.15, -0.1) is 0 Å². The molecule has 1 N–H and O–H groups in total. The summed E-state index contributed by atoms with van der Waals surface area (Å²) >= 11 is 0. The fourth-order valence-corrected chi connectivity index (χ4v) is 3.53. The molecule has 7 heteroatoms. The van der Waals surface area contributed by atoms with Gasteiger partial charge in [0.2, 0.25) is 5.76 Å². The Labute approximate surface area is 180 Å². The molecule has 2 heterocycles. The standard InChI is InChI=1S/C24H24N4O3/c1-4-28-15-19(16(2)26-28)20-14-22(31-27-20)24(29)25-23(17-10-6-5-7-11-17)18-12-8-9-13-21(18)30-3/h5-15,23H,4H2,1-3H3,(H,25,29). The Morgan fingerprint density at radius 1 is 1.16 bits per heavy atom. The van der Waals surface area contributed by atoms with Gasteiger partial charge in [-0.05, 0) is 25.5 Å². The molecular weight excluding hydrogens is 392 g/mol. The lowest BCUT2D eigenvalue weighted by molar-refractivity contribution is 0.0905. The third-order valence-corrected chi connectivity index (χ3v) is 5.14. The van der Waals surface area contributed by atoms with Gasteiger partial charge in [-0.3, -0.25) is 9.48 Å². The topological polar surface area (TPSA) is 82.2 Å². The summed E-state index contributed by atoms with van der Waals surface area (Å²) in [5.41, 5.74) is 4.03. The molecular formula is C24H24N4O3. The molecule has 7 nitrogen and oxygen atoms in total. The number of nitrogens with zero attached hydrogens (tertiary/aromatic N) is 3. The highest BCUT2D eigenvalue weighted by atomic mass is 16.5. The van der Waals surface area contributed by atoms with Gasteiger partial charge in [0.15, 0.2) is 0 Å². The second kappa shape index (κ2) is 8.87. The number of hydrogen-bond acceptors (Lipinski definition) is 5. The van der Waals surface area contributed by atoms with Crippen molar-refractivity contribution in [3.63, 3.8) is 0 Å². The van der Waals surface area contributed by atoms with Gasteiger partial charge in [-0.1, -0.05) is 53.7 Å². The van der Waals surface area contributed by atoms with Gasteiger partial charge in [0.25, 0.3) is 5.91 Å². The summed E-state index contributed by atoms with van der Waals surface area (Å²) in [6, 6.07) is 18.6. The molecule has 0 aliphatic rings. The molecule has 0 spiro atoms. The highest BCUT2D eigenvalue weighted by Gasteiger charge is 2.24. The number of para-hydroxylation sites is 1. The lowest BCUT2D eigenvalue weighted by atomic mass is 9.97. The van der Waals surface area contributed by atoms with E-state index in [9.17, 15) is 4.79 Å². The average molecular weight is 416 g/mol. The first-order chi connectivity index (χ1) is 15.1. The van der Waals surface area contributed by atoms with Crippen molar-refractivity contribution in [2.24, 2.45) is 0 Å². The second-order valence-corrected chi connectivity index (χ2v) is 7.12. The molecule has 1 unspecified atom stereocenters. The zero-order chi connectivity index (χ0) is 21.8. The predicted octanol–water partition coefficient (Wildman–Crippen LogP) is 4.39. The first-order valence-corrected chi connectivity index (χ1v) is 10.1. The monoisotopic (exact) mass is 416 g/mol. The van der Waals surface area contributed by atoms with Crippen molar-refractivity contribution in [3.05, 3.63) is 89.4 Å². The van der Waals surface area contributed by atoms with Gasteiger partial charge < -0.3 is 14.6 Å². The highest BCUT2D eigenvalue weighted by Crippen LogP contribution is 2.30. The maximum Gasteiger partial charge on any atom is 0.290 e. The number of ether oxygens (including phenoxy) is 1. The van der Waals surface area contributed by atoms with Crippen LogP contribution in [0.15, 0.2) is 71.4 Å². The van der Waals surface area contributed by atoms with Crippen LogP contribution >= 0.6 is 0 Å². The number of benzene rings is 2. The number of rotatable bonds is 7. The predicted molar refractivity (Wildman–Crippen MR) is 117 cm³/mol. The maximum atomic E-state index is 13.1. The minimum absolute atomic E-state index is 0.134. The fourth-order valence-electron chi connectivity index (χ4n) is 3.53. The third-order valence-electron chi connectivity index (χ3n) is 5.14. The van der Waals surface area contributed by atoms with Crippen LogP contribution in [0, 0.1) is 6.92 Å². The lowest BCUT2D eigenvalue weighted by Gasteiger charge is -2.21. The summed E-state index contributed by atoms with van der Waals surface area (Å²) in [4.78, 5) is 13.1. The van der Waals surface area contributed by atoms with E-state index in [0.29, 0.717) is 11.4 Å². The molecule has 0 aliphatic heterocycles. The van der Waals surface area contributed by atoms with Crippen LogP contribution in [-0.2, 0) is 6.54 Å². The van der Waals surface area contributed by atoms with Crippen molar-refractivity contribution >= 4 is 5.91 Å². The number of carbonyl (C=O) groups excluding carboxylic acids is 1. The minimum Gasteiger partial charge on any atom is -0.496 e. The molecule has 0 bridgehead atoms. The number of aryl methyl sites for hydroxylation is 2. The summed E-state index contributed by atoms with van der Waals surface area (Å²) in [6.45, 7) is 4.67. The van der Waals surface area contributed by atoms with Crippen molar-refractivity contribution in [3.8, 4) is 17.0 Å². The Bertz CT molecular complexity index is 1180. The molecule has 0 fully saturated rings. The molecule has 0 radical (unpaired) electrons. The summed E-state index contributed by atoms with van der Waals surface area (Å²) in [5.74, 6) is 0.464. The van der Waals surface area contributed by atoms with E-state index >= 15 is 0 Å². The SMILES string of the molecule is CCn1cc(-c2cc(C(=O)NC(c3ccccc3)c3ccccc3OC)on2)c(C)n1. The number of hydrogen-bond donors (Lipinski definition) is 1. The van der Waals surface area contributed by atoms with Crippen molar-refractivity contribution in [1.82, 2.24) is 20.3 Å². The van der Waals surface area contributed by atoms with Crippen LogP contribution in [0.3, 0.4) is 0 Å². The van der Waals surface area contributed by atoms with Crippen LogP contribution in [-0.4, -0.2) is 28.0 Å². The van der Waals surface area contributed by atoms with E-state index in [4.69, 9.17) is 9.26 Å². The molecule has 4 rings (SSSR count). The second-order valence-electron chi connectivity index (χ2n) is 7.12. The van der Waals surface area contributed by atoms with E-state index in [2.05, 4.69) is 15.6 Å². The Kier molecular flexibility index (Phi) is 5.84. The molecule has 1 amide bonds. The summed E-state index contributed by atoms with van der Waals surface area (Å²) in [6.07, 6.45) is 1.90. The van der Waals surface area contributed by atoms with Gasteiger partial charge in [0, 0.05) is 29.9 Å². The van der Waals surface area contributed by atoms with Crippen LogP contribution in [0.25, 0.3) is 11.3 Å². The zero-order valence-corrected chi connectivity index (χ0v) is 17.7. The average Bonchev–Trinajstić information content (AvgIpc) is 3.44. The fraction of sp³-hybridized carbons (Fsp3) is 0.208. The smallest absolute Gasteiger partial charge is 0.290 e. The van der Waals surface area contributed by atoms with E-state index in [1.54, 1.807) is 13.2 Å². The highest BCUT2D eigenvalue weighted by molar-refractivity contribution is 5.93. The molecule has 158 valence electrons. The molecule has 0 aliphatic carbocycles. The minimum atomic E-state index is -0.414. The molecule has 2 aromatic carbocycles. The third kappa shape index (κ3) is 4.21. The van der Waals surface area contributed by atoms with Crippen LogP contribution in [0.1, 0.15) is 40.3 Å². The van der Waals surface area contributed by atoms with Gasteiger partial charge in [0.05, 0.1) is 18.8 Å². The number of aromatic nitrogens is 3. The number of methoxy groups -OCH3 is 1. The first kappa shape index (κ1) is 20.4. The Morgan fingerprint density at radius 2 is 1.90 bits per heavy atom. The van der Waals surface area contributed by atoms with Crippen molar-refractivity contribution in [1.29, 1.82) is 0 Å². The van der Waals surface area contributed by atoms with Crippen molar-refractivity contribution < 1.29 is 14.1 Å².